The zero-order valence-corrected chi connectivity index (χ0v) is 15.0. The van der Waals surface area contributed by atoms with Gasteiger partial charge in [-0.2, -0.15) is 5.26 Å². The summed E-state index contributed by atoms with van der Waals surface area (Å²) in [7, 11) is -0.629. The molecular formula is C20H19BFNO4. The predicted octanol–water partition coefficient (Wildman–Crippen LogP) is 3.07. The lowest BCUT2D eigenvalue weighted by molar-refractivity contribution is 0.0729. The fourth-order valence-corrected chi connectivity index (χ4v) is 2.91. The molecule has 0 N–H and O–H groups in total. The van der Waals surface area contributed by atoms with Crippen molar-refractivity contribution in [3.63, 3.8) is 0 Å². The number of benzene rings is 2. The summed E-state index contributed by atoms with van der Waals surface area (Å²) >= 11 is 0. The Balaban J connectivity index is 1.65. The highest BCUT2D eigenvalue weighted by Gasteiger charge is 2.30. The van der Waals surface area contributed by atoms with Gasteiger partial charge in [0.15, 0.2) is 0 Å². The molecule has 0 bridgehead atoms. The van der Waals surface area contributed by atoms with Crippen molar-refractivity contribution in [3.8, 4) is 11.8 Å². The minimum Gasteiger partial charge on any atom is -0.423 e. The maximum absolute atomic E-state index is 14.4. The van der Waals surface area contributed by atoms with Crippen molar-refractivity contribution < 1.29 is 23.2 Å². The van der Waals surface area contributed by atoms with Crippen molar-refractivity contribution >= 4 is 18.6 Å². The molecule has 0 spiro atoms. The highest BCUT2D eigenvalue weighted by atomic mass is 19.1. The summed E-state index contributed by atoms with van der Waals surface area (Å²) in [6.45, 7) is 3.25. The minimum atomic E-state index is -0.808. The maximum atomic E-state index is 14.4. The number of nitriles is 1. The lowest BCUT2D eigenvalue weighted by Gasteiger charge is -2.27. The van der Waals surface area contributed by atoms with Gasteiger partial charge in [0, 0.05) is 19.1 Å². The van der Waals surface area contributed by atoms with Crippen LogP contribution in [0.3, 0.4) is 0 Å². The SMILES string of the molecule is CCCC1COB(c2ccc(C(=O)Oc3ccc(C#N)cc3)c(F)c2)OC1. The number of hydrogen-bond acceptors (Lipinski definition) is 5. The number of carbonyl (C=O) groups is 1. The molecule has 0 aliphatic carbocycles. The predicted molar refractivity (Wildman–Crippen MR) is 98.2 cm³/mol. The Morgan fingerprint density at radius 2 is 1.96 bits per heavy atom. The van der Waals surface area contributed by atoms with E-state index in [0.29, 0.717) is 30.2 Å². The fourth-order valence-electron chi connectivity index (χ4n) is 2.91. The van der Waals surface area contributed by atoms with Gasteiger partial charge in [-0.15, -0.1) is 0 Å². The molecule has 7 heteroatoms. The molecule has 1 saturated heterocycles. The molecule has 0 saturated carbocycles. The smallest absolute Gasteiger partial charge is 0.423 e. The van der Waals surface area contributed by atoms with Crippen LogP contribution in [0.4, 0.5) is 4.39 Å². The third-order valence-electron chi connectivity index (χ3n) is 4.34. The van der Waals surface area contributed by atoms with Crippen LogP contribution in [0.25, 0.3) is 0 Å². The summed E-state index contributed by atoms with van der Waals surface area (Å²) in [5.74, 6) is -0.910. The van der Waals surface area contributed by atoms with Crippen molar-refractivity contribution in [1.82, 2.24) is 0 Å². The normalized spacial score (nSPS) is 14.6. The Morgan fingerprint density at radius 3 is 2.56 bits per heavy atom. The van der Waals surface area contributed by atoms with Crippen LogP contribution in [0.15, 0.2) is 42.5 Å². The van der Waals surface area contributed by atoms with Crippen LogP contribution >= 0.6 is 0 Å². The Bertz CT molecular complexity index is 842. The van der Waals surface area contributed by atoms with Crippen molar-refractivity contribution in [1.29, 1.82) is 5.26 Å². The van der Waals surface area contributed by atoms with Gasteiger partial charge in [-0.05, 0) is 48.3 Å². The number of hydrogen-bond donors (Lipinski definition) is 0. The van der Waals surface area contributed by atoms with Crippen LogP contribution < -0.4 is 10.2 Å². The van der Waals surface area contributed by atoms with Crippen molar-refractivity contribution in [2.75, 3.05) is 13.2 Å². The van der Waals surface area contributed by atoms with Crippen molar-refractivity contribution in [2.45, 2.75) is 19.8 Å². The van der Waals surface area contributed by atoms with E-state index in [0.717, 1.165) is 12.8 Å². The average Bonchev–Trinajstić information content (AvgIpc) is 2.69. The van der Waals surface area contributed by atoms with Gasteiger partial charge in [0.1, 0.15) is 11.6 Å². The van der Waals surface area contributed by atoms with Gasteiger partial charge in [0.25, 0.3) is 0 Å². The molecule has 1 heterocycles. The van der Waals surface area contributed by atoms with Crippen LogP contribution in [0.2, 0.25) is 0 Å². The molecule has 138 valence electrons. The topological polar surface area (TPSA) is 68.5 Å². The first-order valence-corrected chi connectivity index (χ1v) is 8.85. The molecule has 0 amide bonds. The second-order valence-corrected chi connectivity index (χ2v) is 6.42. The first kappa shape index (κ1) is 19.1. The number of halogens is 1. The van der Waals surface area contributed by atoms with Crippen LogP contribution in [0, 0.1) is 23.1 Å². The van der Waals surface area contributed by atoms with Gasteiger partial charge in [-0.25, -0.2) is 9.18 Å². The van der Waals surface area contributed by atoms with Gasteiger partial charge in [0.05, 0.1) is 17.2 Å². The van der Waals surface area contributed by atoms with Crippen molar-refractivity contribution in [3.05, 3.63) is 59.4 Å². The van der Waals surface area contributed by atoms with Gasteiger partial charge in [-0.1, -0.05) is 19.4 Å². The van der Waals surface area contributed by atoms with Gasteiger partial charge < -0.3 is 14.0 Å². The van der Waals surface area contributed by atoms with E-state index in [1.54, 1.807) is 6.07 Å². The summed E-state index contributed by atoms with van der Waals surface area (Å²) in [6, 6.07) is 12.2. The second kappa shape index (κ2) is 8.80. The zero-order chi connectivity index (χ0) is 19.2. The molecule has 1 fully saturated rings. The van der Waals surface area contributed by atoms with E-state index in [1.807, 2.05) is 6.07 Å². The molecule has 3 rings (SSSR count). The summed E-state index contributed by atoms with van der Waals surface area (Å²) in [5.41, 5.74) is 0.791. The molecule has 1 aliphatic rings. The standard InChI is InChI=1S/C20H19BFNO4/c1-2-3-15-12-25-21(26-13-15)16-6-9-18(19(22)10-16)20(24)27-17-7-4-14(11-23)5-8-17/h4-10,15H,2-3,12-13H2,1H3. The monoisotopic (exact) mass is 367 g/mol. The maximum Gasteiger partial charge on any atom is 0.493 e. The lowest BCUT2D eigenvalue weighted by atomic mass is 9.77. The van der Waals surface area contributed by atoms with E-state index in [-0.39, 0.29) is 11.3 Å². The molecular weight excluding hydrogens is 348 g/mol. The number of nitrogens with zero attached hydrogens (tertiary/aromatic N) is 1. The quantitative estimate of drug-likeness (QED) is 0.462. The Hall–Kier alpha value is -2.69. The van der Waals surface area contributed by atoms with E-state index in [1.165, 1.54) is 36.4 Å². The third-order valence-corrected chi connectivity index (χ3v) is 4.34. The highest BCUT2D eigenvalue weighted by molar-refractivity contribution is 6.61. The summed E-state index contributed by atoms with van der Waals surface area (Å²) < 4.78 is 30.9. The Labute approximate surface area is 157 Å². The average molecular weight is 367 g/mol. The second-order valence-electron chi connectivity index (χ2n) is 6.42. The molecule has 0 unspecified atom stereocenters. The molecule has 27 heavy (non-hydrogen) atoms. The molecule has 2 aromatic carbocycles. The first-order chi connectivity index (χ1) is 13.1. The first-order valence-electron chi connectivity index (χ1n) is 8.85. The summed E-state index contributed by atoms with van der Waals surface area (Å²) in [4.78, 5) is 12.2. The minimum absolute atomic E-state index is 0.178. The van der Waals surface area contributed by atoms with Crippen molar-refractivity contribution in [2.24, 2.45) is 5.92 Å². The zero-order valence-electron chi connectivity index (χ0n) is 15.0. The van der Waals surface area contributed by atoms with E-state index in [2.05, 4.69) is 6.92 Å². The molecule has 1 aliphatic heterocycles. The molecule has 5 nitrogen and oxygen atoms in total. The van der Waals surface area contributed by atoms with Gasteiger partial charge >= 0.3 is 13.1 Å². The van der Waals surface area contributed by atoms with Crippen LogP contribution in [0.1, 0.15) is 35.7 Å². The third kappa shape index (κ3) is 4.73. The molecule has 0 aromatic heterocycles. The highest BCUT2D eigenvalue weighted by Crippen LogP contribution is 2.17. The number of carbonyl (C=O) groups excluding carboxylic acids is 1. The number of rotatable bonds is 5. The van der Waals surface area contributed by atoms with Gasteiger partial charge in [0.2, 0.25) is 0 Å². The van der Waals surface area contributed by atoms with Crippen LogP contribution in [-0.2, 0) is 9.31 Å². The molecule has 0 atom stereocenters. The van der Waals surface area contributed by atoms with E-state index < -0.39 is 18.9 Å². The lowest BCUT2D eigenvalue weighted by Crippen LogP contribution is -2.44. The Morgan fingerprint density at radius 1 is 1.26 bits per heavy atom. The van der Waals surface area contributed by atoms with Crippen LogP contribution in [-0.4, -0.2) is 26.3 Å². The summed E-state index contributed by atoms with van der Waals surface area (Å²) in [5, 5.41) is 8.77. The number of esters is 1. The van der Waals surface area contributed by atoms with E-state index >= 15 is 0 Å². The van der Waals surface area contributed by atoms with Crippen LogP contribution in [0.5, 0.6) is 5.75 Å². The van der Waals surface area contributed by atoms with E-state index in [4.69, 9.17) is 19.3 Å². The van der Waals surface area contributed by atoms with E-state index in [9.17, 15) is 9.18 Å². The largest absolute Gasteiger partial charge is 0.493 e. The molecule has 2 aromatic rings. The summed E-state index contributed by atoms with van der Waals surface area (Å²) in [6.07, 6.45) is 2.09. The van der Waals surface area contributed by atoms with Gasteiger partial charge in [-0.3, -0.25) is 0 Å². The Kier molecular flexibility index (Phi) is 6.22. The number of ether oxygens (including phenoxy) is 1. The molecule has 0 radical (unpaired) electrons. The fraction of sp³-hybridized carbons (Fsp3) is 0.300.